The van der Waals surface area contributed by atoms with Crippen molar-refractivity contribution >= 4 is 23.9 Å². The lowest BCUT2D eigenvalue weighted by Crippen LogP contribution is -2.52. The smallest absolute Gasteiger partial charge is 0.408 e. The van der Waals surface area contributed by atoms with Crippen LogP contribution >= 0.6 is 0 Å². The van der Waals surface area contributed by atoms with Crippen molar-refractivity contribution in [2.45, 2.75) is 64.1 Å². The number of amides is 3. The average molecular weight is 451 g/mol. The van der Waals surface area contributed by atoms with Crippen LogP contribution in [0.3, 0.4) is 0 Å². The Morgan fingerprint density at radius 2 is 1.69 bits per heavy atom. The minimum atomic E-state index is -1.16. The Morgan fingerprint density at radius 1 is 1.03 bits per heavy atom. The Labute approximate surface area is 188 Å². The van der Waals surface area contributed by atoms with Gasteiger partial charge < -0.3 is 31.5 Å². The first-order chi connectivity index (χ1) is 15.0. The minimum absolute atomic E-state index is 0.185. The van der Waals surface area contributed by atoms with Gasteiger partial charge in [-0.1, -0.05) is 30.3 Å². The summed E-state index contributed by atoms with van der Waals surface area (Å²) >= 11 is 0. The third-order valence-corrected chi connectivity index (χ3v) is 4.29. The maximum absolute atomic E-state index is 12.7. The van der Waals surface area contributed by atoms with Crippen molar-refractivity contribution in [1.29, 1.82) is 0 Å². The molecule has 6 N–H and O–H groups in total. The predicted octanol–water partition coefficient (Wildman–Crippen LogP) is 0.937. The third-order valence-electron chi connectivity index (χ3n) is 4.29. The Hall–Kier alpha value is -3.14. The number of carboxylic acid groups (broad SMARTS) is 1. The fraction of sp³-hybridized carbons (Fsp3) is 0.545. The molecule has 2 unspecified atom stereocenters. The van der Waals surface area contributed by atoms with Gasteiger partial charge in [0.15, 0.2) is 0 Å². The lowest BCUT2D eigenvalue weighted by Gasteiger charge is -2.23. The molecule has 0 aliphatic heterocycles. The number of benzene rings is 1. The molecule has 0 aromatic heterocycles. The largest absolute Gasteiger partial charge is 0.480 e. The summed E-state index contributed by atoms with van der Waals surface area (Å²) in [4.78, 5) is 48.4. The van der Waals surface area contributed by atoms with Gasteiger partial charge in [-0.25, -0.2) is 9.59 Å². The van der Waals surface area contributed by atoms with Crippen molar-refractivity contribution in [3.63, 3.8) is 0 Å². The maximum Gasteiger partial charge on any atom is 0.408 e. The standard InChI is InChI=1S/C22H34N4O6/c1-22(2,3)32-21(31)26-17(13-15-9-5-4-6-10-15)19(28)24-14-18(27)25-16(20(29)30)11-7-8-12-23/h4-6,9-10,16-17H,7-8,11-14,23H2,1-3H3,(H,24,28)(H,25,27)(H,26,31)(H,29,30). The van der Waals surface area contributed by atoms with Gasteiger partial charge in [-0.15, -0.1) is 0 Å². The lowest BCUT2D eigenvalue weighted by molar-refractivity contribution is -0.142. The molecule has 0 aliphatic carbocycles. The van der Waals surface area contributed by atoms with Crippen molar-refractivity contribution in [3.8, 4) is 0 Å². The number of aliphatic carboxylic acids is 1. The van der Waals surface area contributed by atoms with Gasteiger partial charge in [0.05, 0.1) is 6.54 Å². The van der Waals surface area contributed by atoms with E-state index in [-0.39, 0.29) is 12.8 Å². The normalized spacial score (nSPS) is 12.9. The summed E-state index contributed by atoms with van der Waals surface area (Å²) in [7, 11) is 0. The van der Waals surface area contributed by atoms with Gasteiger partial charge in [-0.3, -0.25) is 9.59 Å². The van der Waals surface area contributed by atoms with Crippen LogP contribution in [-0.4, -0.2) is 59.8 Å². The number of hydrogen-bond acceptors (Lipinski definition) is 6. The van der Waals surface area contributed by atoms with Gasteiger partial charge in [0, 0.05) is 6.42 Å². The Morgan fingerprint density at radius 3 is 2.25 bits per heavy atom. The highest BCUT2D eigenvalue weighted by atomic mass is 16.6. The van der Waals surface area contributed by atoms with Crippen LogP contribution in [-0.2, 0) is 25.5 Å². The first kappa shape index (κ1) is 26.9. The van der Waals surface area contributed by atoms with Crippen LogP contribution in [0.5, 0.6) is 0 Å². The number of rotatable bonds is 12. The van der Waals surface area contributed by atoms with Crippen LogP contribution in [0.1, 0.15) is 45.6 Å². The molecule has 0 fully saturated rings. The zero-order valence-corrected chi connectivity index (χ0v) is 18.8. The summed E-state index contributed by atoms with van der Waals surface area (Å²) < 4.78 is 5.22. The quantitative estimate of drug-likeness (QED) is 0.296. The molecule has 0 aliphatic rings. The second kappa shape index (κ2) is 13.3. The molecule has 2 atom stereocenters. The number of ether oxygens (including phenoxy) is 1. The van der Waals surface area contributed by atoms with E-state index in [4.69, 9.17) is 10.5 Å². The van der Waals surface area contributed by atoms with Crippen molar-refractivity contribution in [2.75, 3.05) is 13.1 Å². The topological polar surface area (TPSA) is 160 Å². The molecule has 0 saturated heterocycles. The first-order valence-corrected chi connectivity index (χ1v) is 10.5. The lowest BCUT2D eigenvalue weighted by atomic mass is 10.1. The van der Waals surface area contributed by atoms with E-state index in [1.807, 2.05) is 30.3 Å². The number of carbonyl (C=O) groups is 4. The first-order valence-electron chi connectivity index (χ1n) is 10.5. The van der Waals surface area contributed by atoms with E-state index in [2.05, 4.69) is 16.0 Å². The van der Waals surface area contributed by atoms with Crippen molar-refractivity contribution < 1.29 is 29.0 Å². The molecular formula is C22H34N4O6. The Kier molecular flexibility index (Phi) is 11.2. The number of nitrogens with two attached hydrogens (primary N) is 1. The summed E-state index contributed by atoms with van der Waals surface area (Å²) in [6.45, 7) is 5.12. The fourth-order valence-corrected chi connectivity index (χ4v) is 2.80. The number of carbonyl (C=O) groups excluding carboxylic acids is 3. The second-order valence-corrected chi connectivity index (χ2v) is 8.35. The van der Waals surface area contributed by atoms with Crippen LogP contribution in [0.15, 0.2) is 30.3 Å². The van der Waals surface area contributed by atoms with Gasteiger partial charge >= 0.3 is 12.1 Å². The molecule has 1 rings (SSSR count). The Balaban J connectivity index is 2.72. The molecule has 32 heavy (non-hydrogen) atoms. The number of nitrogens with one attached hydrogen (secondary N) is 3. The highest BCUT2D eigenvalue weighted by molar-refractivity contribution is 5.91. The van der Waals surface area contributed by atoms with Crippen LogP contribution in [0.4, 0.5) is 4.79 Å². The highest BCUT2D eigenvalue weighted by Crippen LogP contribution is 2.09. The average Bonchev–Trinajstić information content (AvgIpc) is 2.70. The fourth-order valence-electron chi connectivity index (χ4n) is 2.80. The monoisotopic (exact) mass is 450 g/mol. The van der Waals surface area contributed by atoms with Crippen LogP contribution < -0.4 is 21.7 Å². The predicted molar refractivity (Wildman–Crippen MR) is 119 cm³/mol. The third kappa shape index (κ3) is 11.3. The van der Waals surface area contributed by atoms with Gasteiger partial charge in [-0.05, 0) is 52.1 Å². The molecule has 178 valence electrons. The van der Waals surface area contributed by atoms with Crippen LogP contribution in [0.2, 0.25) is 0 Å². The summed E-state index contributed by atoms with van der Waals surface area (Å²) in [5.41, 5.74) is 5.47. The maximum atomic E-state index is 12.7. The van der Waals surface area contributed by atoms with E-state index in [0.717, 1.165) is 5.56 Å². The summed E-state index contributed by atoms with van der Waals surface area (Å²) in [6, 6.07) is 7.01. The zero-order valence-electron chi connectivity index (χ0n) is 18.8. The molecule has 3 amide bonds. The molecular weight excluding hydrogens is 416 g/mol. The summed E-state index contributed by atoms with van der Waals surface area (Å²) in [6.07, 6.45) is 0.865. The molecule has 0 spiro atoms. The molecule has 0 bridgehead atoms. The molecule has 10 heteroatoms. The summed E-state index contributed by atoms with van der Waals surface area (Å²) in [5, 5.41) is 16.6. The van der Waals surface area contributed by atoms with E-state index >= 15 is 0 Å². The van der Waals surface area contributed by atoms with Crippen LogP contribution in [0.25, 0.3) is 0 Å². The van der Waals surface area contributed by atoms with Gasteiger partial charge in [0.2, 0.25) is 11.8 Å². The second-order valence-electron chi connectivity index (χ2n) is 8.35. The number of unbranched alkanes of at least 4 members (excludes halogenated alkanes) is 1. The zero-order chi connectivity index (χ0) is 24.1. The Bertz CT molecular complexity index is 763. The number of alkyl carbamates (subject to hydrolysis) is 1. The molecule has 0 heterocycles. The molecule has 1 aromatic rings. The SMILES string of the molecule is CC(C)(C)OC(=O)NC(Cc1ccccc1)C(=O)NCC(=O)NC(CCCCN)C(=O)O. The molecule has 0 radical (unpaired) electrons. The van der Waals surface area contributed by atoms with Crippen molar-refractivity contribution in [2.24, 2.45) is 5.73 Å². The number of carboxylic acids is 1. The van der Waals surface area contributed by atoms with E-state index in [0.29, 0.717) is 19.4 Å². The molecule has 1 aromatic carbocycles. The van der Waals surface area contributed by atoms with Gasteiger partial charge in [0.25, 0.3) is 0 Å². The van der Waals surface area contributed by atoms with Crippen molar-refractivity contribution in [1.82, 2.24) is 16.0 Å². The highest BCUT2D eigenvalue weighted by Gasteiger charge is 2.26. The van der Waals surface area contributed by atoms with Gasteiger partial charge in [-0.2, -0.15) is 0 Å². The van der Waals surface area contributed by atoms with Gasteiger partial charge in [0.1, 0.15) is 17.7 Å². The van der Waals surface area contributed by atoms with E-state index < -0.39 is 48.1 Å². The minimum Gasteiger partial charge on any atom is -0.480 e. The molecule has 0 saturated carbocycles. The van der Waals surface area contributed by atoms with Crippen molar-refractivity contribution in [3.05, 3.63) is 35.9 Å². The van der Waals surface area contributed by atoms with E-state index in [1.54, 1.807) is 20.8 Å². The van der Waals surface area contributed by atoms with E-state index in [1.165, 1.54) is 0 Å². The summed E-state index contributed by atoms with van der Waals surface area (Å²) in [5.74, 6) is -2.39. The van der Waals surface area contributed by atoms with E-state index in [9.17, 15) is 24.3 Å². The number of hydrogen-bond donors (Lipinski definition) is 5. The van der Waals surface area contributed by atoms with Crippen LogP contribution in [0, 0.1) is 0 Å². The molecule has 10 nitrogen and oxygen atoms in total.